The molecule has 0 bridgehead atoms. The van der Waals surface area contributed by atoms with E-state index in [0.29, 0.717) is 13.0 Å². The number of hydrogen-bond donors (Lipinski definition) is 2. The molecule has 1 aliphatic heterocycles. The van der Waals surface area contributed by atoms with Gasteiger partial charge in [-0.15, -0.1) is 0 Å². The van der Waals surface area contributed by atoms with Gasteiger partial charge in [-0.3, -0.25) is 4.79 Å². The van der Waals surface area contributed by atoms with E-state index in [1.165, 1.54) is 5.56 Å². The van der Waals surface area contributed by atoms with Crippen molar-refractivity contribution in [2.24, 2.45) is 11.1 Å². The lowest BCUT2D eigenvalue weighted by Gasteiger charge is -2.23. The summed E-state index contributed by atoms with van der Waals surface area (Å²) < 4.78 is 0. The topological polar surface area (TPSA) is 58.4 Å². The molecule has 4 heteroatoms. The molecule has 3 rings (SSSR count). The number of amides is 1. The first kappa shape index (κ1) is 12.6. The molecule has 4 nitrogen and oxygen atoms in total. The summed E-state index contributed by atoms with van der Waals surface area (Å²) in [6.45, 7) is 2.32. The van der Waals surface area contributed by atoms with E-state index < -0.39 is 0 Å². The van der Waals surface area contributed by atoms with E-state index in [1.54, 1.807) is 0 Å². The molecule has 1 fully saturated rings. The molecule has 1 heterocycles. The van der Waals surface area contributed by atoms with Crippen molar-refractivity contribution in [3.05, 3.63) is 29.3 Å². The van der Waals surface area contributed by atoms with Crippen molar-refractivity contribution >= 4 is 11.6 Å². The Hall–Kier alpha value is -1.39. The first-order valence-corrected chi connectivity index (χ1v) is 6.94. The van der Waals surface area contributed by atoms with Gasteiger partial charge >= 0.3 is 0 Å². The van der Waals surface area contributed by atoms with Gasteiger partial charge in [0.05, 0.1) is 6.42 Å². The molecule has 102 valence electrons. The van der Waals surface area contributed by atoms with Crippen LogP contribution in [0.2, 0.25) is 0 Å². The molecule has 0 radical (unpaired) electrons. The van der Waals surface area contributed by atoms with Crippen LogP contribution in [0.25, 0.3) is 0 Å². The van der Waals surface area contributed by atoms with Crippen LogP contribution in [0, 0.1) is 5.41 Å². The smallest absolute Gasteiger partial charge is 0.231 e. The van der Waals surface area contributed by atoms with Gasteiger partial charge in [0.1, 0.15) is 0 Å². The zero-order valence-corrected chi connectivity index (χ0v) is 11.4. The van der Waals surface area contributed by atoms with Crippen LogP contribution in [0.5, 0.6) is 0 Å². The zero-order valence-electron chi connectivity index (χ0n) is 11.4. The van der Waals surface area contributed by atoms with Crippen LogP contribution >= 0.6 is 0 Å². The average Bonchev–Trinajstić information content (AvgIpc) is 3.11. The van der Waals surface area contributed by atoms with Gasteiger partial charge in [-0.1, -0.05) is 12.1 Å². The third-order valence-corrected chi connectivity index (χ3v) is 4.34. The number of nitrogens with one attached hydrogen (secondary N) is 1. The number of carbonyl (C=O) groups excluding carboxylic acids is 1. The zero-order chi connectivity index (χ0) is 13.5. The number of rotatable bonds is 5. The third kappa shape index (κ3) is 2.26. The van der Waals surface area contributed by atoms with E-state index in [0.717, 1.165) is 37.2 Å². The molecule has 19 heavy (non-hydrogen) atoms. The highest BCUT2D eigenvalue weighted by molar-refractivity contribution is 6.01. The second-order valence-corrected chi connectivity index (χ2v) is 5.85. The van der Waals surface area contributed by atoms with Crippen molar-refractivity contribution in [1.82, 2.24) is 5.32 Å². The van der Waals surface area contributed by atoms with Gasteiger partial charge in [-0.2, -0.15) is 0 Å². The van der Waals surface area contributed by atoms with Gasteiger partial charge in [0, 0.05) is 24.2 Å². The Morgan fingerprint density at radius 1 is 1.42 bits per heavy atom. The van der Waals surface area contributed by atoms with Crippen LogP contribution in [0.4, 0.5) is 5.69 Å². The van der Waals surface area contributed by atoms with E-state index in [1.807, 2.05) is 11.9 Å². The summed E-state index contributed by atoms with van der Waals surface area (Å²) in [5.41, 5.74) is 9.50. The Kier molecular flexibility index (Phi) is 3.07. The van der Waals surface area contributed by atoms with Crippen LogP contribution in [0.15, 0.2) is 18.2 Å². The van der Waals surface area contributed by atoms with E-state index in [9.17, 15) is 4.79 Å². The second kappa shape index (κ2) is 4.62. The SMILES string of the molecule is CNCc1ccc2c(c1)CC(=O)N2CC1(CN)CC1. The van der Waals surface area contributed by atoms with Crippen molar-refractivity contribution in [2.45, 2.75) is 25.8 Å². The molecule has 2 aliphatic rings. The normalized spacial score (nSPS) is 19.7. The lowest BCUT2D eigenvalue weighted by Crippen LogP contribution is -2.36. The molecule has 0 unspecified atom stereocenters. The number of fused-ring (bicyclic) bond motifs is 1. The molecule has 0 atom stereocenters. The summed E-state index contributed by atoms with van der Waals surface area (Å²) in [5.74, 6) is 0.219. The highest BCUT2D eigenvalue weighted by Gasteiger charge is 2.45. The molecule has 1 amide bonds. The van der Waals surface area contributed by atoms with Crippen LogP contribution in [0.1, 0.15) is 24.0 Å². The predicted molar refractivity (Wildman–Crippen MR) is 76.0 cm³/mol. The van der Waals surface area contributed by atoms with Crippen LogP contribution in [0.3, 0.4) is 0 Å². The van der Waals surface area contributed by atoms with Crippen LogP contribution in [-0.2, 0) is 17.8 Å². The van der Waals surface area contributed by atoms with E-state index in [-0.39, 0.29) is 11.3 Å². The minimum absolute atomic E-state index is 0.195. The molecule has 1 aromatic carbocycles. The number of nitrogens with two attached hydrogens (primary N) is 1. The Morgan fingerprint density at radius 2 is 2.21 bits per heavy atom. The Bertz CT molecular complexity index is 508. The molecular weight excluding hydrogens is 238 g/mol. The highest BCUT2D eigenvalue weighted by Crippen LogP contribution is 2.47. The molecule has 1 aromatic rings. The first-order chi connectivity index (χ1) is 9.17. The van der Waals surface area contributed by atoms with Gasteiger partial charge in [-0.25, -0.2) is 0 Å². The van der Waals surface area contributed by atoms with Crippen LogP contribution in [-0.4, -0.2) is 26.0 Å². The summed E-state index contributed by atoms with van der Waals surface area (Å²) in [6.07, 6.45) is 2.84. The number of carbonyl (C=O) groups is 1. The standard InChI is InChI=1S/C15H21N3O/c1-17-8-11-2-3-13-12(6-11)7-14(19)18(13)10-15(9-16)4-5-15/h2-3,6,17H,4-5,7-10,16H2,1H3. The van der Waals surface area contributed by atoms with Gasteiger partial charge < -0.3 is 16.0 Å². The lowest BCUT2D eigenvalue weighted by molar-refractivity contribution is -0.117. The largest absolute Gasteiger partial charge is 0.330 e. The predicted octanol–water partition coefficient (Wildman–Crippen LogP) is 1.03. The molecule has 0 spiro atoms. The molecule has 1 saturated carbocycles. The van der Waals surface area contributed by atoms with Gasteiger partial charge in [0.2, 0.25) is 5.91 Å². The summed E-state index contributed by atoms with van der Waals surface area (Å²) in [4.78, 5) is 14.1. The fraction of sp³-hybridized carbons (Fsp3) is 0.533. The van der Waals surface area contributed by atoms with E-state index >= 15 is 0 Å². The summed E-state index contributed by atoms with van der Waals surface area (Å²) in [7, 11) is 1.93. The highest BCUT2D eigenvalue weighted by atomic mass is 16.2. The monoisotopic (exact) mass is 259 g/mol. The molecule has 3 N–H and O–H groups in total. The summed E-state index contributed by atoms with van der Waals surface area (Å²) in [5, 5.41) is 3.14. The first-order valence-electron chi connectivity index (χ1n) is 6.94. The maximum absolute atomic E-state index is 12.2. The third-order valence-electron chi connectivity index (χ3n) is 4.34. The summed E-state index contributed by atoms with van der Waals surface area (Å²) in [6, 6.07) is 6.33. The second-order valence-electron chi connectivity index (χ2n) is 5.85. The van der Waals surface area contributed by atoms with Gasteiger partial charge in [-0.05, 0) is 43.6 Å². The van der Waals surface area contributed by atoms with Crippen molar-refractivity contribution < 1.29 is 4.79 Å². The van der Waals surface area contributed by atoms with Crippen molar-refractivity contribution in [3.63, 3.8) is 0 Å². The fourth-order valence-corrected chi connectivity index (χ4v) is 2.86. The van der Waals surface area contributed by atoms with Crippen LogP contribution < -0.4 is 16.0 Å². The number of anilines is 1. The van der Waals surface area contributed by atoms with Crippen molar-refractivity contribution in [1.29, 1.82) is 0 Å². The minimum atomic E-state index is 0.195. The molecule has 0 saturated heterocycles. The Balaban J connectivity index is 1.83. The minimum Gasteiger partial charge on any atom is -0.330 e. The van der Waals surface area contributed by atoms with Gasteiger partial charge in [0.25, 0.3) is 0 Å². The maximum Gasteiger partial charge on any atom is 0.231 e. The molecule has 1 aliphatic carbocycles. The number of nitrogens with zero attached hydrogens (tertiary/aromatic N) is 1. The van der Waals surface area contributed by atoms with Crippen molar-refractivity contribution in [3.8, 4) is 0 Å². The quantitative estimate of drug-likeness (QED) is 0.830. The van der Waals surface area contributed by atoms with Crippen molar-refractivity contribution in [2.75, 3.05) is 25.0 Å². The summed E-state index contributed by atoms with van der Waals surface area (Å²) >= 11 is 0. The molecule has 0 aromatic heterocycles. The van der Waals surface area contributed by atoms with E-state index in [2.05, 4.69) is 23.5 Å². The molecular formula is C15H21N3O. The fourth-order valence-electron chi connectivity index (χ4n) is 2.86. The lowest BCUT2D eigenvalue weighted by atomic mass is 10.1. The average molecular weight is 259 g/mol. The van der Waals surface area contributed by atoms with Gasteiger partial charge in [0.15, 0.2) is 0 Å². The Morgan fingerprint density at radius 3 is 2.84 bits per heavy atom. The van der Waals surface area contributed by atoms with E-state index in [4.69, 9.17) is 5.73 Å². The number of hydrogen-bond acceptors (Lipinski definition) is 3. The Labute approximate surface area is 114 Å². The maximum atomic E-state index is 12.2. The number of benzene rings is 1.